The van der Waals surface area contributed by atoms with E-state index in [1.807, 2.05) is 0 Å². The molecule has 1 amide bonds. The Morgan fingerprint density at radius 1 is 1.06 bits per heavy atom. The van der Waals surface area contributed by atoms with Crippen LogP contribution in [0.5, 0.6) is 0 Å². The lowest BCUT2D eigenvalue weighted by atomic mass is 10.1. The minimum atomic E-state index is -1.33. The highest BCUT2D eigenvalue weighted by atomic mass is 79.9. The van der Waals surface area contributed by atoms with Crippen LogP contribution in [0.2, 0.25) is 10.0 Å². The molecule has 0 heterocycles. The predicted molar refractivity (Wildman–Crippen MR) is 67.3 cm³/mol. The Balaban J connectivity index is 3.83. The normalized spacial score (nSPS) is 10.2. The number of benzene rings is 1. The molecule has 0 aliphatic rings. The SMILES string of the molecule is NC(=O)c1c(Br)c(Cl)c(Cl)c(Br)c1C(=O)O. The zero-order valence-electron chi connectivity index (χ0n) is 7.35. The molecule has 0 bridgehead atoms. The van der Waals surface area contributed by atoms with E-state index in [0.29, 0.717) is 0 Å². The first-order valence-electron chi connectivity index (χ1n) is 3.68. The van der Waals surface area contributed by atoms with Gasteiger partial charge in [0.05, 0.1) is 30.1 Å². The van der Waals surface area contributed by atoms with Crippen LogP contribution in [-0.2, 0) is 0 Å². The van der Waals surface area contributed by atoms with Crippen molar-refractivity contribution < 1.29 is 14.7 Å². The molecule has 1 rings (SSSR count). The molecule has 0 unspecified atom stereocenters. The Morgan fingerprint density at radius 3 is 1.75 bits per heavy atom. The Morgan fingerprint density at radius 2 is 1.44 bits per heavy atom. The van der Waals surface area contributed by atoms with Gasteiger partial charge in [0.2, 0.25) is 0 Å². The van der Waals surface area contributed by atoms with Crippen molar-refractivity contribution in [2.45, 2.75) is 0 Å². The van der Waals surface area contributed by atoms with Crippen molar-refractivity contribution in [3.8, 4) is 0 Å². The molecule has 0 saturated heterocycles. The van der Waals surface area contributed by atoms with E-state index in [2.05, 4.69) is 31.9 Å². The third-order valence-corrected chi connectivity index (χ3v) is 4.62. The molecule has 4 nitrogen and oxygen atoms in total. The first-order valence-corrected chi connectivity index (χ1v) is 6.02. The van der Waals surface area contributed by atoms with Crippen LogP contribution in [0.3, 0.4) is 0 Å². The number of halogens is 4. The monoisotopic (exact) mass is 389 g/mol. The number of carboxylic acids is 1. The number of primary amides is 1. The Kier molecular flexibility index (Phi) is 4.23. The maximum absolute atomic E-state index is 11.2. The van der Waals surface area contributed by atoms with Crippen molar-refractivity contribution in [3.63, 3.8) is 0 Å². The summed E-state index contributed by atoms with van der Waals surface area (Å²) in [5.41, 5.74) is 4.53. The van der Waals surface area contributed by atoms with Gasteiger partial charge in [-0.2, -0.15) is 0 Å². The number of hydrogen-bond acceptors (Lipinski definition) is 2. The van der Waals surface area contributed by atoms with Gasteiger partial charge in [-0.3, -0.25) is 4.79 Å². The maximum Gasteiger partial charge on any atom is 0.337 e. The molecule has 86 valence electrons. The molecule has 3 N–H and O–H groups in total. The molecule has 0 atom stereocenters. The third kappa shape index (κ3) is 2.20. The number of amides is 1. The van der Waals surface area contributed by atoms with E-state index in [4.69, 9.17) is 34.0 Å². The molecule has 8 heteroatoms. The molecule has 0 aromatic heterocycles. The molecule has 0 fully saturated rings. The summed E-state index contributed by atoms with van der Waals surface area (Å²) in [5.74, 6) is -2.25. The fourth-order valence-corrected chi connectivity index (χ4v) is 2.83. The molecular weight excluding hydrogens is 389 g/mol. The number of carbonyl (C=O) groups is 2. The number of aromatic carboxylic acids is 1. The number of carboxylic acid groups (broad SMARTS) is 1. The Labute approximate surface area is 117 Å². The predicted octanol–water partition coefficient (Wildman–Crippen LogP) is 3.32. The van der Waals surface area contributed by atoms with Crippen LogP contribution < -0.4 is 5.73 Å². The molecule has 0 aliphatic carbocycles. The fourth-order valence-electron chi connectivity index (χ4n) is 1.06. The van der Waals surface area contributed by atoms with Crippen molar-refractivity contribution in [2.75, 3.05) is 0 Å². The lowest BCUT2D eigenvalue weighted by Gasteiger charge is -2.11. The van der Waals surface area contributed by atoms with Crippen LogP contribution in [0, 0.1) is 0 Å². The summed E-state index contributed by atoms with van der Waals surface area (Å²) < 4.78 is 0.0796. The second kappa shape index (κ2) is 4.91. The summed E-state index contributed by atoms with van der Waals surface area (Å²) in [6.45, 7) is 0. The van der Waals surface area contributed by atoms with Gasteiger partial charge in [-0.1, -0.05) is 23.2 Å². The van der Waals surface area contributed by atoms with Gasteiger partial charge in [-0.05, 0) is 31.9 Å². The van der Waals surface area contributed by atoms with Gasteiger partial charge < -0.3 is 10.8 Å². The Hall–Kier alpha value is -0.300. The number of hydrogen-bond donors (Lipinski definition) is 2. The Bertz CT molecular complexity index is 460. The van der Waals surface area contributed by atoms with E-state index >= 15 is 0 Å². The van der Waals surface area contributed by atoms with Crippen molar-refractivity contribution >= 4 is 66.9 Å². The summed E-state index contributed by atoms with van der Waals surface area (Å²) in [5, 5.41) is 8.99. The molecule has 0 radical (unpaired) electrons. The number of rotatable bonds is 2. The summed E-state index contributed by atoms with van der Waals surface area (Å²) >= 11 is 17.5. The van der Waals surface area contributed by atoms with E-state index < -0.39 is 11.9 Å². The summed E-state index contributed by atoms with van der Waals surface area (Å²) in [6, 6.07) is 0. The average molecular weight is 392 g/mol. The van der Waals surface area contributed by atoms with Crippen LogP contribution in [-0.4, -0.2) is 17.0 Å². The zero-order valence-corrected chi connectivity index (χ0v) is 12.0. The van der Waals surface area contributed by atoms with E-state index in [0.717, 1.165) is 0 Å². The molecule has 0 saturated carbocycles. The van der Waals surface area contributed by atoms with Crippen LogP contribution in [0.25, 0.3) is 0 Å². The molecular formula is C8H3Br2Cl2NO3. The second-order valence-corrected chi connectivity index (χ2v) is 5.02. The second-order valence-electron chi connectivity index (χ2n) is 2.68. The van der Waals surface area contributed by atoms with Crippen molar-refractivity contribution in [2.24, 2.45) is 5.73 Å². The zero-order chi connectivity index (χ0) is 12.6. The fraction of sp³-hybridized carbons (Fsp3) is 0. The first-order chi connectivity index (χ1) is 7.29. The van der Waals surface area contributed by atoms with Crippen LogP contribution in [0.1, 0.15) is 20.7 Å². The molecule has 1 aromatic carbocycles. The molecule has 16 heavy (non-hydrogen) atoms. The summed E-state index contributed by atoms with van der Waals surface area (Å²) in [4.78, 5) is 22.2. The highest BCUT2D eigenvalue weighted by Crippen LogP contribution is 2.41. The van der Waals surface area contributed by atoms with Crippen LogP contribution in [0.15, 0.2) is 8.95 Å². The van der Waals surface area contributed by atoms with Crippen molar-refractivity contribution in [1.29, 1.82) is 0 Å². The van der Waals surface area contributed by atoms with Crippen molar-refractivity contribution in [3.05, 3.63) is 30.1 Å². The number of nitrogens with two attached hydrogens (primary N) is 1. The molecule has 1 aromatic rings. The first kappa shape index (κ1) is 13.8. The van der Waals surface area contributed by atoms with E-state index in [-0.39, 0.29) is 30.1 Å². The number of carbonyl (C=O) groups excluding carboxylic acids is 1. The minimum absolute atomic E-state index is 0.00376. The molecule has 0 aliphatic heterocycles. The highest BCUT2D eigenvalue weighted by molar-refractivity contribution is 9.11. The highest BCUT2D eigenvalue weighted by Gasteiger charge is 2.26. The lowest BCUT2D eigenvalue weighted by molar-refractivity contribution is 0.0691. The summed E-state index contributed by atoms with van der Waals surface area (Å²) in [7, 11) is 0. The topological polar surface area (TPSA) is 80.4 Å². The van der Waals surface area contributed by atoms with E-state index in [1.165, 1.54) is 0 Å². The van der Waals surface area contributed by atoms with Crippen LogP contribution in [0.4, 0.5) is 0 Å². The largest absolute Gasteiger partial charge is 0.478 e. The van der Waals surface area contributed by atoms with E-state index in [1.54, 1.807) is 0 Å². The standard InChI is InChI=1S/C8H3Br2Cl2NO3/c9-3-1(7(13)14)2(8(15)16)4(10)6(12)5(3)11/h(H2,13,14)(H,15,16). The van der Waals surface area contributed by atoms with Gasteiger partial charge in [0, 0.05) is 0 Å². The van der Waals surface area contributed by atoms with Gasteiger partial charge in [0.25, 0.3) is 5.91 Å². The maximum atomic E-state index is 11.2. The van der Waals surface area contributed by atoms with Gasteiger partial charge in [0.15, 0.2) is 0 Å². The van der Waals surface area contributed by atoms with Gasteiger partial charge in [0.1, 0.15) is 0 Å². The lowest BCUT2D eigenvalue weighted by Crippen LogP contribution is -2.18. The van der Waals surface area contributed by atoms with Gasteiger partial charge in [-0.15, -0.1) is 0 Å². The van der Waals surface area contributed by atoms with E-state index in [9.17, 15) is 9.59 Å². The van der Waals surface area contributed by atoms with Gasteiger partial charge >= 0.3 is 5.97 Å². The average Bonchev–Trinajstić information content (AvgIpc) is 2.18. The smallest absolute Gasteiger partial charge is 0.337 e. The van der Waals surface area contributed by atoms with Crippen molar-refractivity contribution in [1.82, 2.24) is 0 Å². The summed E-state index contributed by atoms with van der Waals surface area (Å²) in [6.07, 6.45) is 0. The van der Waals surface area contributed by atoms with Crippen LogP contribution >= 0.6 is 55.1 Å². The third-order valence-electron chi connectivity index (χ3n) is 1.73. The quantitative estimate of drug-likeness (QED) is 0.599. The van der Waals surface area contributed by atoms with Gasteiger partial charge in [-0.25, -0.2) is 4.79 Å². The molecule has 0 spiro atoms. The minimum Gasteiger partial charge on any atom is -0.478 e.